The Balaban J connectivity index is 2.97. The molecular formula is C10H10N4O4. The fourth-order valence-corrected chi connectivity index (χ4v) is 1.11. The molecule has 0 atom stereocenters. The molecule has 0 aliphatic heterocycles. The van der Waals surface area contributed by atoms with Gasteiger partial charge in [0.2, 0.25) is 12.2 Å². The lowest BCUT2D eigenvalue weighted by molar-refractivity contribution is -0.133. The van der Waals surface area contributed by atoms with Crippen LogP contribution in [0.1, 0.15) is 10.5 Å². The van der Waals surface area contributed by atoms with Crippen LogP contribution in [-0.4, -0.2) is 35.9 Å². The number of Topliss-reactive ketones (excluding diaryl/α,β-unsaturated/α-hetero) is 1. The summed E-state index contributed by atoms with van der Waals surface area (Å²) in [6.45, 7) is -0.432. The first kappa shape index (κ1) is 13.5. The molecule has 94 valence electrons. The minimum Gasteiger partial charge on any atom is -0.328 e. The molecule has 1 aromatic rings. The first-order valence-electron chi connectivity index (χ1n) is 4.82. The van der Waals surface area contributed by atoms with Crippen molar-refractivity contribution in [2.75, 3.05) is 17.2 Å². The number of anilines is 2. The Kier molecular flexibility index (Phi) is 4.64. The third kappa shape index (κ3) is 3.46. The fraction of sp³-hybridized carbons (Fsp3) is 0.100. The first-order valence-corrected chi connectivity index (χ1v) is 4.82. The summed E-state index contributed by atoms with van der Waals surface area (Å²) in [5.41, 5.74) is 5.27. The number of hydrogen-bond acceptors (Lipinski definition) is 6. The van der Waals surface area contributed by atoms with Crippen molar-refractivity contribution in [2.24, 2.45) is 5.73 Å². The third-order valence-electron chi connectivity index (χ3n) is 1.87. The zero-order valence-corrected chi connectivity index (χ0v) is 9.17. The number of hydrogen-bond donors (Lipinski definition) is 3. The molecule has 4 N–H and O–H groups in total. The van der Waals surface area contributed by atoms with E-state index in [0.29, 0.717) is 12.7 Å². The lowest BCUT2D eigenvalue weighted by Crippen LogP contribution is -2.29. The van der Waals surface area contributed by atoms with Crippen molar-refractivity contribution in [3.8, 4) is 0 Å². The number of carbonyl (C=O) groups excluding carboxylic acids is 4. The molecule has 0 radical (unpaired) electrons. The van der Waals surface area contributed by atoms with Gasteiger partial charge < -0.3 is 16.4 Å². The molecule has 1 aromatic heterocycles. The van der Waals surface area contributed by atoms with E-state index in [-0.39, 0.29) is 17.2 Å². The molecule has 8 nitrogen and oxygen atoms in total. The van der Waals surface area contributed by atoms with Crippen molar-refractivity contribution in [1.82, 2.24) is 4.98 Å². The van der Waals surface area contributed by atoms with Gasteiger partial charge in [0.1, 0.15) is 11.5 Å². The molecule has 0 saturated carbocycles. The molecule has 0 spiro atoms. The maximum atomic E-state index is 11.3. The van der Waals surface area contributed by atoms with E-state index in [1.165, 1.54) is 12.1 Å². The van der Waals surface area contributed by atoms with Crippen molar-refractivity contribution >= 4 is 35.9 Å². The first-order chi connectivity index (χ1) is 8.60. The zero-order chi connectivity index (χ0) is 13.5. The van der Waals surface area contributed by atoms with Gasteiger partial charge in [-0.15, -0.1) is 0 Å². The van der Waals surface area contributed by atoms with Crippen LogP contribution in [0.25, 0.3) is 0 Å². The van der Waals surface area contributed by atoms with E-state index in [2.05, 4.69) is 15.6 Å². The Hall–Kier alpha value is -2.61. The van der Waals surface area contributed by atoms with Gasteiger partial charge in [0.05, 0.1) is 6.54 Å². The standard InChI is InChI=1S/C10H10N4O4/c11-3-8(17)10(18)14-9-2-6(12-5-16)1-7(4-15)13-9/h1-2,4-5H,3,11H2,(H2,12,13,14,16,18). The summed E-state index contributed by atoms with van der Waals surface area (Å²) in [6.07, 6.45) is 0.844. The Bertz CT molecular complexity index is 501. The topological polar surface area (TPSA) is 131 Å². The van der Waals surface area contributed by atoms with Crippen molar-refractivity contribution < 1.29 is 19.2 Å². The summed E-state index contributed by atoms with van der Waals surface area (Å²) < 4.78 is 0. The number of aldehydes is 1. The number of aromatic nitrogens is 1. The van der Waals surface area contributed by atoms with Crippen molar-refractivity contribution in [3.05, 3.63) is 17.8 Å². The van der Waals surface area contributed by atoms with E-state index in [0.717, 1.165) is 0 Å². The highest BCUT2D eigenvalue weighted by atomic mass is 16.2. The number of amides is 2. The predicted octanol–water partition coefficient (Wildman–Crippen LogP) is -1.07. The normalized spacial score (nSPS) is 9.39. The van der Waals surface area contributed by atoms with Crippen molar-refractivity contribution in [1.29, 1.82) is 0 Å². The SMILES string of the molecule is NCC(=O)C(=O)Nc1cc(NC=O)cc(C=O)n1. The number of pyridine rings is 1. The van der Waals surface area contributed by atoms with Gasteiger partial charge in [0, 0.05) is 11.8 Å². The monoisotopic (exact) mass is 250 g/mol. The van der Waals surface area contributed by atoms with Crippen LogP contribution in [-0.2, 0) is 14.4 Å². The molecule has 2 amide bonds. The summed E-state index contributed by atoms with van der Waals surface area (Å²) in [5.74, 6) is -1.79. The molecule has 0 aliphatic rings. The summed E-state index contributed by atoms with van der Waals surface area (Å²) in [6, 6.07) is 2.60. The predicted molar refractivity (Wildman–Crippen MR) is 62.0 cm³/mol. The molecule has 0 bridgehead atoms. The highest BCUT2D eigenvalue weighted by Gasteiger charge is 2.13. The van der Waals surface area contributed by atoms with E-state index in [4.69, 9.17) is 5.73 Å². The number of rotatable bonds is 6. The lowest BCUT2D eigenvalue weighted by Gasteiger charge is -2.06. The van der Waals surface area contributed by atoms with Crippen LogP contribution in [0.4, 0.5) is 11.5 Å². The maximum Gasteiger partial charge on any atom is 0.294 e. The average molecular weight is 250 g/mol. The van der Waals surface area contributed by atoms with E-state index in [9.17, 15) is 19.2 Å². The van der Waals surface area contributed by atoms with E-state index < -0.39 is 18.2 Å². The van der Waals surface area contributed by atoms with Gasteiger partial charge >= 0.3 is 0 Å². The van der Waals surface area contributed by atoms with Crippen LogP contribution in [0.2, 0.25) is 0 Å². The van der Waals surface area contributed by atoms with Crippen LogP contribution in [0, 0.1) is 0 Å². The lowest BCUT2D eigenvalue weighted by atomic mass is 10.3. The van der Waals surface area contributed by atoms with Crippen LogP contribution in [0.15, 0.2) is 12.1 Å². The number of nitrogens with one attached hydrogen (secondary N) is 2. The highest BCUT2D eigenvalue weighted by molar-refractivity contribution is 6.41. The Labute approximate surface area is 102 Å². The van der Waals surface area contributed by atoms with E-state index >= 15 is 0 Å². The Morgan fingerprint density at radius 3 is 2.61 bits per heavy atom. The van der Waals surface area contributed by atoms with Gasteiger partial charge in [-0.1, -0.05) is 0 Å². The number of carbonyl (C=O) groups is 4. The molecule has 0 aromatic carbocycles. The fourth-order valence-electron chi connectivity index (χ4n) is 1.11. The summed E-state index contributed by atoms with van der Waals surface area (Å²) in [7, 11) is 0. The van der Waals surface area contributed by atoms with E-state index in [1.807, 2.05) is 0 Å². The molecule has 0 aliphatic carbocycles. The Morgan fingerprint density at radius 1 is 1.33 bits per heavy atom. The second-order valence-corrected chi connectivity index (χ2v) is 3.13. The molecule has 1 heterocycles. The van der Waals surface area contributed by atoms with Gasteiger partial charge in [-0.3, -0.25) is 19.2 Å². The van der Waals surface area contributed by atoms with Crippen LogP contribution < -0.4 is 16.4 Å². The van der Waals surface area contributed by atoms with Crippen LogP contribution in [0.3, 0.4) is 0 Å². The Morgan fingerprint density at radius 2 is 2.06 bits per heavy atom. The number of ketones is 1. The zero-order valence-electron chi connectivity index (χ0n) is 9.17. The molecule has 1 rings (SSSR count). The number of nitrogens with two attached hydrogens (primary N) is 1. The summed E-state index contributed by atoms with van der Waals surface area (Å²) >= 11 is 0. The van der Waals surface area contributed by atoms with Gasteiger partial charge in [-0.2, -0.15) is 0 Å². The maximum absolute atomic E-state index is 11.3. The van der Waals surface area contributed by atoms with Gasteiger partial charge in [0.25, 0.3) is 5.91 Å². The second-order valence-electron chi connectivity index (χ2n) is 3.13. The minimum absolute atomic E-state index is 0.00246. The summed E-state index contributed by atoms with van der Waals surface area (Å²) in [5, 5.41) is 4.47. The largest absolute Gasteiger partial charge is 0.328 e. The van der Waals surface area contributed by atoms with E-state index in [1.54, 1.807) is 0 Å². The van der Waals surface area contributed by atoms with Crippen LogP contribution in [0.5, 0.6) is 0 Å². The second kappa shape index (κ2) is 6.21. The van der Waals surface area contributed by atoms with Gasteiger partial charge in [-0.25, -0.2) is 4.98 Å². The molecular weight excluding hydrogens is 240 g/mol. The minimum atomic E-state index is -0.940. The quantitative estimate of drug-likeness (QED) is 0.435. The molecule has 18 heavy (non-hydrogen) atoms. The summed E-state index contributed by atoms with van der Waals surface area (Å²) in [4.78, 5) is 46.9. The van der Waals surface area contributed by atoms with Crippen LogP contribution >= 0.6 is 0 Å². The smallest absolute Gasteiger partial charge is 0.294 e. The highest BCUT2D eigenvalue weighted by Crippen LogP contribution is 2.13. The van der Waals surface area contributed by atoms with Crippen molar-refractivity contribution in [2.45, 2.75) is 0 Å². The third-order valence-corrected chi connectivity index (χ3v) is 1.87. The van der Waals surface area contributed by atoms with Crippen molar-refractivity contribution in [3.63, 3.8) is 0 Å². The van der Waals surface area contributed by atoms with Gasteiger partial charge in [-0.05, 0) is 6.07 Å². The van der Waals surface area contributed by atoms with Gasteiger partial charge in [0.15, 0.2) is 6.29 Å². The number of nitrogens with zero attached hydrogens (tertiary/aromatic N) is 1. The molecule has 0 unspecified atom stereocenters. The molecule has 0 fully saturated rings. The average Bonchev–Trinajstić information content (AvgIpc) is 2.37. The molecule has 0 saturated heterocycles. The molecule has 8 heteroatoms.